The van der Waals surface area contributed by atoms with E-state index in [0.717, 1.165) is 28.0 Å². The molecule has 0 bridgehead atoms. The van der Waals surface area contributed by atoms with E-state index >= 15 is 0 Å². The van der Waals surface area contributed by atoms with Crippen LogP contribution in [0.15, 0.2) is 58.8 Å². The lowest BCUT2D eigenvalue weighted by molar-refractivity contribution is 0.102. The van der Waals surface area contributed by atoms with E-state index in [2.05, 4.69) is 5.32 Å². The largest absolute Gasteiger partial charge is 0.321 e. The smallest absolute Gasteiger partial charge is 0.267 e. The molecule has 0 aliphatic rings. The molecule has 5 nitrogen and oxygen atoms in total. The highest BCUT2D eigenvalue weighted by atomic mass is 32.2. The Hall–Kier alpha value is -2.64. The van der Waals surface area contributed by atoms with Gasteiger partial charge in [0.1, 0.15) is 9.77 Å². The summed E-state index contributed by atoms with van der Waals surface area (Å²) in [5.74, 6) is -0.439. The van der Waals surface area contributed by atoms with Gasteiger partial charge in [0.25, 0.3) is 15.9 Å². The average molecular weight is 415 g/mol. The van der Waals surface area contributed by atoms with Crippen LogP contribution >= 0.6 is 11.3 Å². The Morgan fingerprint density at radius 2 is 1.64 bits per heavy atom. The summed E-state index contributed by atoms with van der Waals surface area (Å²) in [6, 6.07) is 14.3. The number of aryl methyl sites for hydroxylation is 3. The van der Waals surface area contributed by atoms with Crippen molar-refractivity contribution in [3.05, 3.63) is 75.5 Å². The molecule has 28 heavy (non-hydrogen) atoms. The quantitative estimate of drug-likeness (QED) is 0.655. The molecule has 146 valence electrons. The van der Waals surface area contributed by atoms with Crippen LogP contribution in [0.5, 0.6) is 0 Å². The van der Waals surface area contributed by atoms with Crippen LogP contribution in [-0.2, 0) is 10.0 Å². The molecule has 0 aliphatic carbocycles. The maximum absolute atomic E-state index is 13.2. The predicted octanol–water partition coefficient (Wildman–Crippen LogP) is 4.75. The van der Waals surface area contributed by atoms with Gasteiger partial charge in [-0.2, -0.15) is 0 Å². The second kappa shape index (κ2) is 7.77. The van der Waals surface area contributed by atoms with Crippen molar-refractivity contribution in [2.75, 3.05) is 16.7 Å². The molecule has 3 aromatic rings. The zero-order valence-corrected chi connectivity index (χ0v) is 17.8. The van der Waals surface area contributed by atoms with Gasteiger partial charge >= 0.3 is 0 Å². The SMILES string of the molecule is Cc1ccc(NC(=O)c2sccc2S(=O)(=O)N(C)c2ccc(C)c(C)c2)cc1. The number of thiophene rings is 1. The summed E-state index contributed by atoms with van der Waals surface area (Å²) < 4.78 is 27.5. The van der Waals surface area contributed by atoms with Crippen LogP contribution in [0.1, 0.15) is 26.4 Å². The molecule has 1 heterocycles. The fourth-order valence-electron chi connectivity index (χ4n) is 2.70. The van der Waals surface area contributed by atoms with Crippen LogP contribution in [0, 0.1) is 20.8 Å². The van der Waals surface area contributed by atoms with Crippen LogP contribution in [0.3, 0.4) is 0 Å². The summed E-state index contributed by atoms with van der Waals surface area (Å²) >= 11 is 1.11. The number of sulfonamides is 1. The van der Waals surface area contributed by atoms with Gasteiger partial charge in [-0.15, -0.1) is 11.3 Å². The summed E-state index contributed by atoms with van der Waals surface area (Å²) in [5, 5.41) is 4.38. The van der Waals surface area contributed by atoms with Gasteiger partial charge in [0.15, 0.2) is 0 Å². The molecule has 0 saturated carbocycles. The third-order valence-corrected chi connectivity index (χ3v) is 7.51. The molecule has 0 aliphatic heterocycles. The molecule has 1 aromatic heterocycles. The third-order valence-electron chi connectivity index (χ3n) is 4.64. The van der Waals surface area contributed by atoms with E-state index in [4.69, 9.17) is 0 Å². The van der Waals surface area contributed by atoms with E-state index < -0.39 is 15.9 Å². The highest BCUT2D eigenvalue weighted by Gasteiger charge is 2.28. The summed E-state index contributed by atoms with van der Waals surface area (Å²) in [6.45, 7) is 5.86. The Morgan fingerprint density at radius 1 is 0.964 bits per heavy atom. The molecule has 3 rings (SSSR count). The molecule has 7 heteroatoms. The minimum absolute atomic E-state index is 0.00263. The van der Waals surface area contributed by atoms with E-state index in [1.807, 2.05) is 45.0 Å². The van der Waals surface area contributed by atoms with Crippen molar-refractivity contribution in [3.63, 3.8) is 0 Å². The van der Waals surface area contributed by atoms with Gasteiger partial charge in [-0.05, 0) is 67.6 Å². The minimum atomic E-state index is -3.87. The van der Waals surface area contributed by atoms with Crippen molar-refractivity contribution in [1.29, 1.82) is 0 Å². The Kier molecular flexibility index (Phi) is 5.58. The first-order valence-electron chi connectivity index (χ1n) is 8.72. The molecule has 0 spiro atoms. The number of hydrogen-bond acceptors (Lipinski definition) is 4. The minimum Gasteiger partial charge on any atom is -0.321 e. The van der Waals surface area contributed by atoms with Crippen LogP contribution in [0.25, 0.3) is 0 Å². The maximum Gasteiger partial charge on any atom is 0.267 e. The van der Waals surface area contributed by atoms with Gasteiger partial charge < -0.3 is 5.32 Å². The van der Waals surface area contributed by atoms with Crippen molar-refractivity contribution >= 4 is 38.6 Å². The van der Waals surface area contributed by atoms with Gasteiger partial charge in [0, 0.05) is 12.7 Å². The fraction of sp³-hybridized carbons (Fsp3) is 0.190. The highest BCUT2D eigenvalue weighted by molar-refractivity contribution is 7.93. The van der Waals surface area contributed by atoms with Crippen molar-refractivity contribution < 1.29 is 13.2 Å². The second-order valence-electron chi connectivity index (χ2n) is 6.68. The molecule has 0 atom stereocenters. The lowest BCUT2D eigenvalue weighted by Crippen LogP contribution is -2.28. The Balaban J connectivity index is 1.91. The Labute approximate surface area is 169 Å². The van der Waals surface area contributed by atoms with Gasteiger partial charge in [0.2, 0.25) is 0 Å². The first kappa shape index (κ1) is 20.1. The van der Waals surface area contributed by atoms with E-state index in [-0.39, 0.29) is 9.77 Å². The van der Waals surface area contributed by atoms with Crippen molar-refractivity contribution in [2.45, 2.75) is 25.7 Å². The number of hydrogen-bond donors (Lipinski definition) is 1. The van der Waals surface area contributed by atoms with Crippen molar-refractivity contribution in [3.8, 4) is 0 Å². The van der Waals surface area contributed by atoms with Gasteiger partial charge in [-0.25, -0.2) is 8.42 Å². The Bertz CT molecular complexity index is 1120. The number of nitrogens with zero attached hydrogens (tertiary/aromatic N) is 1. The van der Waals surface area contributed by atoms with Crippen LogP contribution in [0.4, 0.5) is 11.4 Å². The molecule has 0 fully saturated rings. The zero-order chi connectivity index (χ0) is 20.5. The van der Waals surface area contributed by atoms with Gasteiger partial charge in [0.05, 0.1) is 5.69 Å². The summed E-state index contributed by atoms with van der Waals surface area (Å²) in [7, 11) is -2.37. The molecular formula is C21H22N2O3S2. The van der Waals surface area contributed by atoms with E-state index in [1.54, 1.807) is 23.6 Å². The number of rotatable bonds is 5. The highest BCUT2D eigenvalue weighted by Crippen LogP contribution is 2.29. The van der Waals surface area contributed by atoms with E-state index in [0.29, 0.717) is 11.4 Å². The van der Waals surface area contributed by atoms with E-state index in [9.17, 15) is 13.2 Å². The molecule has 0 radical (unpaired) electrons. The van der Waals surface area contributed by atoms with Gasteiger partial charge in [-0.1, -0.05) is 23.8 Å². The number of benzene rings is 2. The summed E-state index contributed by atoms with van der Waals surface area (Å²) in [6.07, 6.45) is 0. The Morgan fingerprint density at radius 3 is 2.29 bits per heavy atom. The maximum atomic E-state index is 13.2. The number of amides is 1. The molecule has 2 aromatic carbocycles. The average Bonchev–Trinajstić information content (AvgIpc) is 3.16. The predicted molar refractivity (Wildman–Crippen MR) is 115 cm³/mol. The van der Waals surface area contributed by atoms with Crippen LogP contribution in [-0.4, -0.2) is 21.4 Å². The molecule has 1 N–H and O–H groups in total. The lowest BCUT2D eigenvalue weighted by atomic mass is 10.1. The first-order chi connectivity index (χ1) is 13.2. The normalized spacial score (nSPS) is 11.3. The fourth-order valence-corrected chi connectivity index (χ4v) is 5.18. The lowest BCUT2D eigenvalue weighted by Gasteiger charge is -2.20. The van der Waals surface area contributed by atoms with E-state index in [1.165, 1.54) is 17.4 Å². The van der Waals surface area contributed by atoms with Crippen LogP contribution < -0.4 is 9.62 Å². The number of carbonyl (C=O) groups is 1. The molecule has 0 saturated heterocycles. The molecular weight excluding hydrogens is 392 g/mol. The zero-order valence-electron chi connectivity index (χ0n) is 16.2. The standard InChI is InChI=1S/C21H22N2O3S2/c1-14-5-8-17(9-6-14)22-21(24)20-19(11-12-27-20)28(25,26)23(4)18-10-7-15(2)16(3)13-18/h5-13H,1-4H3,(H,22,24). The van der Waals surface area contributed by atoms with Crippen molar-refractivity contribution in [2.24, 2.45) is 0 Å². The third kappa shape index (κ3) is 3.95. The second-order valence-corrected chi connectivity index (χ2v) is 9.53. The number of carbonyl (C=O) groups excluding carboxylic acids is 1. The monoisotopic (exact) mass is 414 g/mol. The van der Waals surface area contributed by atoms with Crippen molar-refractivity contribution in [1.82, 2.24) is 0 Å². The molecule has 1 amide bonds. The number of anilines is 2. The first-order valence-corrected chi connectivity index (χ1v) is 11.0. The van der Waals surface area contributed by atoms with Gasteiger partial charge in [-0.3, -0.25) is 9.10 Å². The summed E-state index contributed by atoms with van der Waals surface area (Å²) in [5.41, 5.74) is 4.34. The topological polar surface area (TPSA) is 66.5 Å². The molecule has 0 unspecified atom stereocenters. The number of nitrogens with one attached hydrogen (secondary N) is 1. The van der Waals surface area contributed by atoms with Crippen LogP contribution in [0.2, 0.25) is 0 Å². The summed E-state index contributed by atoms with van der Waals surface area (Å²) in [4.78, 5) is 12.9.